The number of hydrogen-bond acceptors (Lipinski definition) is 4. The van der Waals surface area contributed by atoms with E-state index in [2.05, 4.69) is 10.2 Å². The van der Waals surface area contributed by atoms with Crippen molar-refractivity contribution in [1.82, 2.24) is 10.2 Å². The molecule has 0 radical (unpaired) electrons. The molecule has 4 N–H and O–H groups in total. The predicted octanol–water partition coefficient (Wildman–Crippen LogP) is 0.593. The average molecular weight is 241 g/mol. The van der Waals surface area contributed by atoms with Gasteiger partial charge in [-0.15, -0.1) is 0 Å². The number of nitrogen functional groups attached to an aromatic ring is 1. The minimum atomic E-state index is -0.667. The number of nitrogens with two attached hydrogens (primary N) is 1. The van der Waals surface area contributed by atoms with E-state index in [9.17, 15) is 9.50 Å². The highest BCUT2D eigenvalue weighted by Gasteiger charge is 2.08. The van der Waals surface area contributed by atoms with E-state index in [1.165, 1.54) is 12.1 Å². The van der Waals surface area contributed by atoms with Crippen LogP contribution in [0.15, 0.2) is 18.2 Å². The van der Waals surface area contributed by atoms with E-state index in [4.69, 9.17) is 5.73 Å². The van der Waals surface area contributed by atoms with Crippen LogP contribution in [-0.2, 0) is 0 Å². The van der Waals surface area contributed by atoms with Crippen LogP contribution >= 0.6 is 0 Å². The number of aliphatic hydroxyl groups is 1. The summed E-state index contributed by atoms with van der Waals surface area (Å²) < 4.78 is 12.9. The summed E-state index contributed by atoms with van der Waals surface area (Å²) in [5.41, 5.74) is 6.13. The first-order valence-electron chi connectivity index (χ1n) is 5.59. The Labute approximate surface area is 101 Å². The second-order valence-electron chi connectivity index (χ2n) is 4.30. The molecule has 5 heteroatoms. The number of hydrogen-bond donors (Lipinski definition) is 3. The van der Waals surface area contributed by atoms with Crippen molar-refractivity contribution in [1.29, 1.82) is 0 Å². The molecule has 0 aliphatic carbocycles. The number of halogens is 1. The Hall–Kier alpha value is -1.17. The van der Waals surface area contributed by atoms with Crippen LogP contribution in [0.2, 0.25) is 0 Å². The van der Waals surface area contributed by atoms with Crippen molar-refractivity contribution in [2.24, 2.45) is 0 Å². The maximum atomic E-state index is 12.9. The zero-order chi connectivity index (χ0) is 12.8. The van der Waals surface area contributed by atoms with Gasteiger partial charge in [-0.1, -0.05) is 6.07 Å². The Morgan fingerprint density at radius 2 is 2.18 bits per heavy atom. The van der Waals surface area contributed by atoms with Crippen LogP contribution in [-0.4, -0.2) is 43.7 Å². The van der Waals surface area contributed by atoms with Crippen molar-refractivity contribution in [3.8, 4) is 0 Å². The fourth-order valence-electron chi connectivity index (χ4n) is 1.43. The van der Waals surface area contributed by atoms with Gasteiger partial charge in [-0.3, -0.25) is 0 Å². The molecular formula is C12H20FN3O. The third-order valence-electron chi connectivity index (χ3n) is 2.48. The molecule has 0 amide bonds. The van der Waals surface area contributed by atoms with Gasteiger partial charge in [0, 0.05) is 19.6 Å². The first-order valence-corrected chi connectivity index (χ1v) is 5.59. The maximum absolute atomic E-state index is 12.9. The van der Waals surface area contributed by atoms with Gasteiger partial charge in [0.15, 0.2) is 0 Å². The Kier molecular flexibility index (Phi) is 5.34. The summed E-state index contributed by atoms with van der Waals surface area (Å²) in [6.07, 6.45) is -0.667. The zero-order valence-corrected chi connectivity index (χ0v) is 10.3. The molecule has 1 unspecified atom stereocenters. The monoisotopic (exact) mass is 241 g/mol. The van der Waals surface area contributed by atoms with Crippen LogP contribution in [0, 0.1) is 5.82 Å². The number of anilines is 1. The highest BCUT2D eigenvalue weighted by atomic mass is 19.1. The van der Waals surface area contributed by atoms with Gasteiger partial charge < -0.3 is 21.1 Å². The smallest absolute Gasteiger partial charge is 0.146 e. The topological polar surface area (TPSA) is 61.5 Å². The van der Waals surface area contributed by atoms with E-state index in [0.29, 0.717) is 12.1 Å². The molecule has 0 aromatic heterocycles. The van der Waals surface area contributed by atoms with Gasteiger partial charge in [0.25, 0.3) is 0 Å². The lowest BCUT2D eigenvalue weighted by Gasteiger charge is -2.14. The molecule has 1 aromatic rings. The number of nitrogens with one attached hydrogen (secondary N) is 1. The molecular weight excluding hydrogens is 221 g/mol. The Morgan fingerprint density at radius 3 is 2.76 bits per heavy atom. The summed E-state index contributed by atoms with van der Waals surface area (Å²) in [5, 5.41) is 13.0. The van der Waals surface area contributed by atoms with Crippen LogP contribution in [0.5, 0.6) is 0 Å². The molecule has 0 aliphatic heterocycles. The highest BCUT2D eigenvalue weighted by Crippen LogP contribution is 2.17. The van der Waals surface area contributed by atoms with Gasteiger partial charge in [0.1, 0.15) is 5.82 Å². The fraction of sp³-hybridized carbons (Fsp3) is 0.500. The largest absolute Gasteiger partial charge is 0.396 e. The van der Waals surface area contributed by atoms with E-state index < -0.39 is 11.9 Å². The molecule has 96 valence electrons. The standard InChI is InChI=1S/C12H20FN3O/c1-16(2)6-5-15-8-12(17)9-3-4-10(13)11(14)7-9/h3-4,7,12,15,17H,5-6,8,14H2,1-2H3. The Bertz CT molecular complexity index is 358. The van der Waals surface area contributed by atoms with Crippen LogP contribution in [0.4, 0.5) is 10.1 Å². The molecule has 0 fully saturated rings. The molecule has 0 bridgehead atoms. The molecule has 4 nitrogen and oxygen atoms in total. The number of rotatable bonds is 6. The third-order valence-corrected chi connectivity index (χ3v) is 2.48. The summed E-state index contributed by atoms with van der Waals surface area (Å²) in [6, 6.07) is 4.28. The van der Waals surface area contributed by atoms with E-state index >= 15 is 0 Å². The average Bonchev–Trinajstić information content (AvgIpc) is 2.27. The molecule has 0 aliphatic rings. The summed E-state index contributed by atoms with van der Waals surface area (Å²) >= 11 is 0. The lowest BCUT2D eigenvalue weighted by molar-refractivity contribution is 0.173. The van der Waals surface area contributed by atoms with Crippen molar-refractivity contribution in [3.63, 3.8) is 0 Å². The van der Waals surface area contributed by atoms with Crippen LogP contribution in [0.25, 0.3) is 0 Å². The molecule has 1 rings (SSSR count). The molecule has 17 heavy (non-hydrogen) atoms. The Balaban J connectivity index is 2.41. The van der Waals surface area contributed by atoms with Crippen LogP contribution < -0.4 is 11.1 Å². The third kappa shape index (κ3) is 4.68. The van der Waals surface area contributed by atoms with Gasteiger partial charge in [-0.2, -0.15) is 0 Å². The summed E-state index contributed by atoms with van der Waals surface area (Å²) in [6.45, 7) is 2.12. The Morgan fingerprint density at radius 1 is 1.47 bits per heavy atom. The quantitative estimate of drug-likeness (QED) is 0.504. The summed E-state index contributed by atoms with van der Waals surface area (Å²) in [7, 11) is 3.97. The van der Waals surface area contributed by atoms with Crippen molar-refractivity contribution in [2.45, 2.75) is 6.10 Å². The lowest BCUT2D eigenvalue weighted by Crippen LogP contribution is -2.29. The molecule has 0 saturated carbocycles. The molecule has 1 aromatic carbocycles. The normalized spacial score (nSPS) is 13.0. The molecule has 0 heterocycles. The molecule has 0 spiro atoms. The van der Waals surface area contributed by atoms with Gasteiger partial charge >= 0.3 is 0 Å². The highest BCUT2D eigenvalue weighted by molar-refractivity contribution is 5.43. The predicted molar refractivity (Wildman–Crippen MR) is 67.2 cm³/mol. The van der Waals surface area contributed by atoms with Crippen molar-refractivity contribution >= 4 is 5.69 Å². The first-order chi connectivity index (χ1) is 8.00. The number of aliphatic hydroxyl groups excluding tert-OH is 1. The van der Waals surface area contributed by atoms with E-state index in [0.717, 1.165) is 13.1 Å². The lowest BCUT2D eigenvalue weighted by atomic mass is 10.1. The van der Waals surface area contributed by atoms with Gasteiger partial charge in [0.2, 0.25) is 0 Å². The van der Waals surface area contributed by atoms with Crippen LogP contribution in [0.1, 0.15) is 11.7 Å². The number of nitrogens with zero attached hydrogens (tertiary/aromatic N) is 1. The van der Waals surface area contributed by atoms with Crippen molar-refractivity contribution in [2.75, 3.05) is 39.5 Å². The number of benzene rings is 1. The van der Waals surface area contributed by atoms with E-state index in [1.54, 1.807) is 6.07 Å². The second-order valence-corrected chi connectivity index (χ2v) is 4.30. The number of likely N-dealkylation sites (N-methyl/N-ethyl adjacent to an activating group) is 1. The van der Waals surface area contributed by atoms with E-state index in [1.807, 2.05) is 14.1 Å². The van der Waals surface area contributed by atoms with Crippen LogP contribution in [0.3, 0.4) is 0 Å². The first kappa shape index (κ1) is 13.9. The minimum absolute atomic E-state index is 0.0647. The van der Waals surface area contributed by atoms with Gasteiger partial charge in [0.05, 0.1) is 11.8 Å². The SMILES string of the molecule is CN(C)CCNCC(O)c1ccc(F)c(N)c1. The van der Waals surface area contributed by atoms with Crippen molar-refractivity contribution < 1.29 is 9.50 Å². The fourth-order valence-corrected chi connectivity index (χ4v) is 1.43. The zero-order valence-electron chi connectivity index (χ0n) is 10.3. The maximum Gasteiger partial charge on any atom is 0.146 e. The van der Waals surface area contributed by atoms with E-state index in [-0.39, 0.29) is 5.69 Å². The van der Waals surface area contributed by atoms with Gasteiger partial charge in [-0.05, 0) is 31.8 Å². The summed E-state index contributed by atoms with van der Waals surface area (Å²) in [4.78, 5) is 2.05. The minimum Gasteiger partial charge on any atom is -0.396 e. The molecule has 0 saturated heterocycles. The van der Waals surface area contributed by atoms with Gasteiger partial charge in [-0.25, -0.2) is 4.39 Å². The van der Waals surface area contributed by atoms with Crippen molar-refractivity contribution in [3.05, 3.63) is 29.6 Å². The molecule has 1 atom stereocenters. The summed E-state index contributed by atoms with van der Waals surface area (Å²) in [5.74, 6) is -0.457. The second kappa shape index (κ2) is 6.54.